The summed E-state index contributed by atoms with van der Waals surface area (Å²) in [6.45, 7) is 1.43. The highest BCUT2D eigenvalue weighted by Crippen LogP contribution is 2.35. The van der Waals surface area contributed by atoms with E-state index in [2.05, 4.69) is 5.32 Å². The molecule has 7 heteroatoms. The van der Waals surface area contributed by atoms with Crippen LogP contribution < -0.4 is 14.8 Å². The Labute approximate surface area is 156 Å². The molecule has 4 rings (SSSR count). The van der Waals surface area contributed by atoms with Gasteiger partial charge in [-0.15, -0.1) is 0 Å². The van der Waals surface area contributed by atoms with Crippen molar-refractivity contribution in [2.75, 3.05) is 25.1 Å². The van der Waals surface area contributed by atoms with E-state index in [0.717, 1.165) is 11.1 Å². The topological polar surface area (TPSA) is 88.1 Å². The highest BCUT2D eigenvalue weighted by Gasteiger charge is 2.32. The predicted octanol–water partition coefficient (Wildman–Crippen LogP) is 3.06. The molecule has 2 aliphatic heterocycles. The third kappa shape index (κ3) is 3.53. The van der Waals surface area contributed by atoms with Gasteiger partial charge in [0.25, 0.3) is 0 Å². The molecule has 2 aliphatic rings. The molecule has 2 heterocycles. The number of carboxylic acid groups (broad SMARTS) is 1. The largest absolute Gasteiger partial charge is 0.486 e. The van der Waals surface area contributed by atoms with Gasteiger partial charge in [0.1, 0.15) is 13.2 Å². The normalized spacial score (nSPS) is 17.8. The molecule has 0 aromatic heterocycles. The summed E-state index contributed by atoms with van der Waals surface area (Å²) < 4.78 is 11.0. The van der Waals surface area contributed by atoms with Gasteiger partial charge in [-0.2, -0.15) is 0 Å². The van der Waals surface area contributed by atoms with Crippen LogP contribution in [0.15, 0.2) is 42.5 Å². The summed E-state index contributed by atoms with van der Waals surface area (Å²) in [5.41, 5.74) is 2.56. The first kappa shape index (κ1) is 17.2. The first-order valence-corrected chi connectivity index (χ1v) is 8.88. The van der Waals surface area contributed by atoms with Gasteiger partial charge >= 0.3 is 12.0 Å². The molecular formula is C20H20N2O5. The second-order valence-corrected chi connectivity index (χ2v) is 6.54. The molecule has 0 saturated carbocycles. The van der Waals surface area contributed by atoms with Crippen molar-refractivity contribution in [2.45, 2.75) is 18.9 Å². The molecular weight excluding hydrogens is 348 g/mol. The van der Waals surface area contributed by atoms with Crippen molar-refractivity contribution >= 4 is 17.7 Å². The number of nitrogens with one attached hydrogen (secondary N) is 1. The van der Waals surface area contributed by atoms with Crippen LogP contribution in [0.2, 0.25) is 0 Å². The zero-order valence-electron chi connectivity index (χ0n) is 14.7. The Kier molecular flexibility index (Phi) is 4.58. The molecule has 27 heavy (non-hydrogen) atoms. The molecule has 140 valence electrons. The number of benzene rings is 2. The number of fused-ring (bicyclic) bond motifs is 2. The molecule has 0 aliphatic carbocycles. The number of amides is 2. The molecule has 0 radical (unpaired) electrons. The predicted molar refractivity (Wildman–Crippen MR) is 98.3 cm³/mol. The molecule has 2 amide bonds. The van der Waals surface area contributed by atoms with Crippen LogP contribution in [0.1, 0.15) is 23.6 Å². The number of hydrogen-bond donors (Lipinski definition) is 2. The number of urea groups is 1. The second kappa shape index (κ2) is 7.19. The van der Waals surface area contributed by atoms with Crippen molar-refractivity contribution in [3.05, 3.63) is 53.6 Å². The number of nitrogens with zero attached hydrogens (tertiary/aromatic N) is 1. The van der Waals surface area contributed by atoms with Gasteiger partial charge in [0.15, 0.2) is 11.5 Å². The van der Waals surface area contributed by atoms with E-state index in [1.54, 1.807) is 23.1 Å². The number of carboxylic acids is 1. The van der Waals surface area contributed by atoms with Gasteiger partial charge in [-0.1, -0.05) is 24.3 Å². The van der Waals surface area contributed by atoms with Crippen molar-refractivity contribution in [1.29, 1.82) is 0 Å². The van der Waals surface area contributed by atoms with E-state index in [1.807, 2.05) is 24.3 Å². The van der Waals surface area contributed by atoms with E-state index >= 15 is 0 Å². The molecule has 1 unspecified atom stereocenters. The van der Waals surface area contributed by atoms with E-state index in [1.165, 1.54) is 0 Å². The summed E-state index contributed by atoms with van der Waals surface area (Å²) in [5, 5.41) is 12.2. The Morgan fingerprint density at radius 1 is 1.11 bits per heavy atom. The highest BCUT2D eigenvalue weighted by molar-refractivity contribution is 5.90. The molecule has 0 spiro atoms. The summed E-state index contributed by atoms with van der Waals surface area (Å²) in [7, 11) is 0. The number of ether oxygens (including phenoxy) is 2. The fourth-order valence-electron chi connectivity index (χ4n) is 3.60. The standard InChI is InChI=1S/C20H20N2O5/c23-19(24)12-16-15-4-2-1-3-13(15)7-8-22(16)20(25)21-14-5-6-17-18(11-14)27-10-9-26-17/h1-6,11,16H,7-10,12H2,(H,21,25)(H,23,24). The number of rotatable bonds is 3. The molecule has 0 saturated heterocycles. The van der Waals surface area contributed by atoms with Crippen LogP contribution in [0, 0.1) is 0 Å². The zero-order valence-corrected chi connectivity index (χ0v) is 14.7. The Bertz CT molecular complexity index is 882. The van der Waals surface area contributed by atoms with Gasteiger partial charge in [-0.25, -0.2) is 4.79 Å². The van der Waals surface area contributed by atoms with E-state index in [4.69, 9.17) is 9.47 Å². The van der Waals surface area contributed by atoms with Crippen LogP contribution >= 0.6 is 0 Å². The summed E-state index contributed by atoms with van der Waals surface area (Å²) in [5.74, 6) is 0.300. The molecule has 7 nitrogen and oxygen atoms in total. The van der Waals surface area contributed by atoms with Gasteiger partial charge in [-0.3, -0.25) is 4.79 Å². The van der Waals surface area contributed by atoms with E-state index < -0.39 is 12.0 Å². The molecule has 0 bridgehead atoms. The number of anilines is 1. The van der Waals surface area contributed by atoms with Gasteiger partial charge in [0, 0.05) is 18.3 Å². The summed E-state index contributed by atoms with van der Waals surface area (Å²) >= 11 is 0. The zero-order chi connectivity index (χ0) is 18.8. The van der Waals surface area contributed by atoms with Crippen LogP contribution in [-0.2, 0) is 11.2 Å². The maximum Gasteiger partial charge on any atom is 0.322 e. The molecule has 2 aromatic carbocycles. The first-order chi connectivity index (χ1) is 13.1. The third-order valence-corrected chi connectivity index (χ3v) is 4.83. The van der Waals surface area contributed by atoms with Crippen molar-refractivity contribution in [2.24, 2.45) is 0 Å². The van der Waals surface area contributed by atoms with Gasteiger partial charge in [0.2, 0.25) is 0 Å². The monoisotopic (exact) mass is 368 g/mol. The Morgan fingerprint density at radius 3 is 2.70 bits per heavy atom. The summed E-state index contributed by atoms with van der Waals surface area (Å²) in [4.78, 5) is 25.9. The lowest BCUT2D eigenvalue weighted by molar-refractivity contribution is -0.138. The van der Waals surface area contributed by atoms with Crippen LogP contribution in [0.5, 0.6) is 11.5 Å². The summed E-state index contributed by atoms with van der Waals surface area (Å²) in [6, 6.07) is 12.1. The van der Waals surface area contributed by atoms with Crippen molar-refractivity contribution < 1.29 is 24.2 Å². The molecule has 1 atom stereocenters. The lowest BCUT2D eigenvalue weighted by Crippen LogP contribution is -2.43. The smallest absolute Gasteiger partial charge is 0.322 e. The van der Waals surface area contributed by atoms with Crippen molar-refractivity contribution in [1.82, 2.24) is 4.90 Å². The number of hydrogen-bond acceptors (Lipinski definition) is 4. The summed E-state index contributed by atoms with van der Waals surface area (Å²) in [6.07, 6.45) is 0.562. The third-order valence-electron chi connectivity index (χ3n) is 4.83. The second-order valence-electron chi connectivity index (χ2n) is 6.54. The highest BCUT2D eigenvalue weighted by atomic mass is 16.6. The SMILES string of the molecule is O=C(O)CC1c2ccccc2CCN1C(=O)Nc1ccc2c(c1)OCCO2. The minimum absolute atomic E-state index is 0.133. The molecule has 2 N–H and O–H groups in total. The minimum Gasteiger partial charge on any atom is -0.486 e. The van der Waals surface area contributed by atoms with Crippen LogP contribution in [0.3, 0.4) is 0 Å². The van der Waals surface area contributed by atoms with Crippen LogP contribution in [0.25, 0.3) is 0 Å². The van der Waals surface area contributed by atoms with E-state index in [-0.39, 0.29) is 12.5 Å². The average molecular weight is 368 g/mol. The fourth-order valence-corrected chi connectivity index (χ4v) is 3.60. The van der Waals surface area contributed by atoms with Crippen molar-refractivity contribution in [3.8, 4) is 11.5 Å². The number of aliphatic carboxylic acids is 1. The van der Waals surface area contributed by atoms with Crippen LogP contribution in [0.4, 0.5) is 10.5 Å². The lowest BCUT2D eigenvalue weighted by Gasteiger charge is -2.36. The van der Waals surface area contributed by atoms with Crippen molar-refractivity contribution in [3.63, 3.8) is 0 Å². The maximum absolute atomic E-state index is 12.9. The first-order valence-electron chi connectivity index (χ1n) is 8.88. The number of carbonyl (C=O) groups is 2. The lowest BCUT2D eigenvalue weighted by atomic mass is 9.91. The Balaban J connectivity index is 1.56. The number of carbonyl (C=O) groups excluding carboxylic acids is 1. The minimum atomic E-state index is -0.936. The van der Waals surface area contributed by atoms with E-state index in [0.29, 0.717) is 43.4 Å². The van der Waals surface area contributed by atoms with E-state index in [9.17, 15) is 14.7 Å². The van der Waals surface area contributed by atoms with Gasteiger partial charge < -0.3 is 24.8 Å². The van der Waals surface area contributed by atoms with Gasteiger partial charge in [0.05, 0.1) is 12.5 Å². The maximum atomic E-state index is 12.9. The average Bonchev–Trinajstić information content (AvgIpc) is 2.67. The Morgan fingerprint density at radius 2 is 1.89 bits per heavy atom. The molecule has 0 fully saturated rings. The van der Waals surface area contributed by atoms with Gasteiger partial charge in [-0.05, 0) is 29.7 Å². The fraction of sp³-hybridized carbons (Fsp3) is 0.300. The Hall–Kier alpha value is -3.22. The quantitative estimate of drug-likeness (QED) is 0.869. The molecule has 2 aromatic rings. The van der Waals surface area contributed by atoms with Crippen LogP contribution in [-0.4, -0.2) is 41.8 Å².